The number of hydrogen-bond donors (Lipinski definition) is 1. The molecule has 0 aliphatic carbocycles. The van der Waals surface area contributed by atoms with Crippen molar-refractivity contribution >= 4 is 11.7 Å². The lowest BCUT2D eigenvalue weighted by molar-refractivity contribution is 0.0697. The maximum absolute atomic E-state index is 10.4. The first-order valence-corrected chi connectivity index (χ1v) is 3.12. The Morgan fingerprint density at radius 2 is 2.33 bits per heavy atom. The van der Waals surface area contributed by atoms with Gasteiger partial charge < -0.3 is 5.11 Å². The van der Waals surface area contributed by atoms with Gasteiger partial charge in [-0.15, -0.1) is 0 Å². The van der Waals surface area contributed by atoms with Crippen LogP contribution in [0.25, 0.3) is 10.4 Å². The van der Waals surface area contributed by atoms with E-state index in [1.165, 1.54) is 24.3 Å². The molecule has 0 bridgehead atoms. The summed E-state index contributed by atoms with van der Waals surface area (Å²) < 4.78 is 0. The summed E-state index contributed by atoms with van der Waals surface area (Å²) in [6, 6.07) is 5.79. The van der Waals surface area contributed by atoms with E-state index in [-0.39, 0.29) is 5.56 Å². The van der Waals surface area contributed by atoms with E-state index in [1.54, 1.807) is 0 Å². The van der Waals surface area contributed by atoms with Crippen molar-refractivity contribution in [3.63, 3.8) is 0 Å². The summed E-state index contributed by atoms with van der Waals surface area (Å²) in [4.78, 5) is 13.0. The number of benzene rings is 1. The number of azide groups is 1. The Hall–Kier alpha value is -2.00. The van der Waals surface area contributed by atoms with Crippen LogP contribution in [0.3, 0.4) is 0 Å². The van der Waals surface area contributed by atoms with Crippen LogP contribution < -0.4 is 0 Å². The smallest absolute Gasteiger partial charge is 0.335 e. The molecule has 0 atom stereocenters. The van der Waals surface area contributed by atoms with Crippen molar-refractivity contribution in [3.8, 4) is 0 Å². The molecule has 0 amide bonds. The molecular formula is C7H5N3O2. The Balaban J connectivity index is 3.11. The Bertz CT molecular complexity index is 338. The Labute approximate surface area is 67.9 Å². The van der Waals surface area contributed by atoms with Gasteiger partial charge in [-0.3, -0.25) is 0 Å². The SMILES string of the molecule is [N-]=[N+]=Nc1cccc(C(=O)O)c1. The van der Waals surface area contributed by atoms with E-state index in [2.05, 4.69) is 10.0 Å². The second-order valence-corrected chi connectivity index (χ2v) is 2.04. The van der Waals surface area contributed by atoms with Crippen molar-refractivity contribution in [2.75, 3.05) is 0 Å². The molecule has 0 aliphatic rings. The first-order chi connectivity index (χ1) is 5.74. The predicted octanol–water partition coefficient (Wildman–Crippen LogP) is 2.33. The number of aromatic carboxylic acids is 1. The van der Waals surface area contributed by atoms with Gasteiger partial charge in [-0.2, -0.15) is 0 Å². The summed E-state index contributed by atoms with van der Waals surface area (Å²) in [5.41, 5.74) is 8.47. The second-order valence-electron chi connectivity index (χ2n) is 2.04. The predicted molar refractivity (Wildman–Crippen MR) is 42.2 cm³/mol. The molecule has 0 saturated carbocycles. The van der Waals surface area contributed by atoms with Gasteiger partial charge in [0.25, 0.3) is 0 Å². The Morgan fingerprint density at radius 3 is 2.92 bits per heavy atom. The maximum Gasteiger partial charge on any atom is 0.335 e. The van der Waals surface area contributed by atoms with Gasteiger partial charge >= 0.3 is 5.97 Å². The van der Waals surface area contributed by atoms with Crippen molar-refractivity contribution in [1.29, 1.82) is 0 Å². The van der Waals surface area contributed by atoms with Gasteiger partial charge in [0.2, 0.25) is 0 Å². The van der Waals surface area contributed by atoms with Gasteiger partial charge in [-0.25, -0.2) is 4.79 Å². The van der Waals surface area contributed by atoms with Crippen LogP contribution >= 0.6 is 0 Å². The fourth-order valence-electron chi connectivity index (χ4n) is 0.753. The molecule has 0 unspecified atom stereocenters. The van der Waals surface area contributed by atoms with Crippen LogP contribution in [-0.2, 0) is 0 Å². The number of carbonyl (C=O) groups is 1. The van der Waals surface area contributed by atoms with E-state index >= 15 is 0 Å². The van der Waals surface area contributed by atoms with Gasteiger partial charge in [-0.1, -0.05) is 17.2 Å². The highest BCUT2D eigenvalue weighted by atomic mass is 16.4. The number of carboxylic acid groups (broad SMARTS) is 1. The molecule has 0 aromatic heterocycles. The molecule has 1 N–H and O–H groups in total. The van der Waals surface area contributed by atoms with Gasteiger partial charge in [0.1, 0.15) is 0 Å². The molecule has 0 heterocycles. The van der Waals surface area contributed by atoms with Crippen LogP contribution in [0.4, 0.5) is 5.69 Å². The molecule has 0 aliphatic heterocycles. The Morgan fingerprint density at radius 1 is 1.58 bits per heavy atom. The molecule has 5 nitrogen and oxygen atoms in total. The van der Waals surface area contributed by atoms with Gasteiger partial charge in [0, 0.05) is 10.6 Å². The summed E-state index contributed by atoms with van der Waals surface area (Å²) in [7, 11) is 0. The van der Waals surface area contributed by atoms with Gasteiger partial charge in [-0.05, 0) is 17.7 Å². The van der Waals surface area contributed by atoms with E-state index < -0.39 is 5.97 Å². The molecule has 5 heteroatoms. The standard InChI is InChI=1S/C7H5N3O2/c8-10-9-6-3-1-2-5(4-6)7(11)12/h1-4H,(H,11,12). The maximum atomic E-state index is 10.4. The molecule has 12 heavy (non-hydrogen) atoms. The van der Waals surface area contributed by atoms with Crippen LogP contribution in [0.1, 0.15) is 10.4 Å². The summed E-state index contributed by atoms with van der Waals surface area (Å²) in [6.07, 6.45) is 0. The average Bonchev–Trinajstić information content (AvgIpc) is 2.05. The van der Waals surface area contributed by atoms with Crippen molar-refractivity contribution in [3.05, 3.63) is 40.3 Å². The number of carboxylic acids is 1. The lowest BCUT2D eigenvalue weighted by Crippen LogP contribution is -1.94. The third kappa shape index (κ3) is 1.74. The van der Waals surface area contributed by atoms with Crippen LogP contribution in [0, 0.1) is 0 Å². The zero-order valence-corrected chi connectivity index (χ0v) is 6.01. The van der Waals surface area contributed by atoms with Crippen LogP contribution in [0.15, 0.2) is 29.4 Å². The summed E-state index contributed by atoms with van der Waals surface area (Å²) in [6.45, 7) is 0. The highest BCUT2D eigenvalue weighted by Gasteiger charge is 2.00. The number of hydrogen-bond acceptors (Lipinski definition) is 2. The molecule has 1 aromatic rings. The topological polar surface area (TPSA) is 86.1 Å². The van der Waals surface area contributed by atoms with E-state index in [9.17, 15) is 4.79 Å². The summed E-state index contributed by atoms with van der Waals surface area (Å²) in [5, 5.41) is 11.8. The second kappa shape index (κ2) is 3.41. The zero-order valence-electron chi connectivity index (χ0n) is 6.01. The van der Waals surface area contributed by atoms with E-state index in [4.69, 9.17) is 10.6 Å². The molecular weight excluding hydrogens is 158 g/mol. The van der Waals surface area contributed by atoms with Gasteiger partial charge in [0.05, 0.1) is 5.56 Å². The fourth-order valence-corrected chi connectivity index (χ4v) is 0.753. The van der Waals surface area contributed by atoms with Crippen molar-refractivity contribution in [1.82, 2.24) is 0 Å². The average molecular weight is 163 g/mol. The molecule has 0 spiro atoms. The normalized spacial score (nSPS) is 8.67. The quantitative estimate of drug-likeness (QED) is 0.412. The lowest BCUT2D eigenvalue weighted by atomic mass is 10.2. The Kier molecular flexibility index (Phi) is 2.30. The van der Waals surface area contributed by atoms with E-state index in [1.807, 2.05) is 0 Å². The monoisotopic (exact) mass is 163 g/mol. The van der Waals surface area contributed by atoms with Crippen molar-refractivity contribution in [2.45, 2.75) is 0 Å². The largest absolute Gasteiger partial charge is 0.478 e. The third-order valence-electron chi connectivity index (χ3n) is 1.25. The lowest BCUT2D eigenvalue weighted by Gasteiger charge is -1.93. The molecule has 60 valence electrons. The summed E-state index contributed by atoms with van der Waals surface area (Å²) >= 11 is 0. The van der Waals surface area contributed by atoms with Crippen LogP contribution in [-0.4, -0.2) is 11.1 Å². The van der Waals surface area contributed by atoms with Gasteiger partial charge in [0.15, 0.2) is 0 Å². The van der Waals surface area contributed by atoms with Crippen LogP contribution in [0.5, 0.6) is 0 Å². The number of rotatable bonds is 2. The first kappa shape index (κ1) is 8.10. The van der Waals surface area contributed by atoms with Crippen LogP contribution in [0.2, 0.25) is 0 Å². The van der Waals surface area contributed by atoms with Crippen molar-refractivity contribution < 1.29 is 9.90 Å². The fraction of sp³-hybridized carbons (Fsp3) is 0. The minimum atomic E-state index is -1.04. The summed E-state index contributed by atoms with van der Waals surface area (Å²) in [5.74, 6) is -1.04. The minimum Gasteiger partial charge on any atom is -0.478 e. The van der Waals surface area contributed by atoms with E-state index in [0.29, 0.717) is 5.69 Å². The third-order valence-corrected chi connectivity index (χ3v) is 1.25. The first-order valence-electron chi connectivity index (χ1n) is 3.12. The minimum absolute atomic E-state index is 0.111. The van der Waals surface area contributed by atoms with Crippen molar-refractivity contribution in [2.24, 2.45) is 5.11 Å². The number of nitrogens with zero attached hydrogens (tertiary/aromatic N) is 3. The highest BCUT2D eigenvalue weighted by molar-refractivity contribution is 5.88. The molecule has 1 rings (SSSR count). The molecule has 0 radical (unpaired) electrons. The molecule has 0 saturated heterocycles. The highest BCUT2D eigenvalue weighted by Crippen LogP contribution is 2.13. The zero-order chi connectivity index (χ0) is 8.97. The molecule has 0 fully saturated rings. The van der Waals surface area contributed by atoms with E-state index in [0.717, 1.165) is 0 Å². The molecule has 1 aromatic carbocycles.